The Kier molecular flexibility index (Phi) is 7.65. The number of nitrogens with one attached hydrogen (secondary N) is 2. The number of hydrogen-bond acceptors (Lipinski definition) is 6. The number of rotatable bonds is 4. The van der Waals surface area contributed by atoms with Gasteiger partial charge in [-0.25, -0.2) is 4.98 Å². The summed E-state index contributed by atoms with van der Waals surface area (Å²) in [5.41, 5.74) is 4.05. The van der Waals surface area contributed by atoms with Crippen LogP contribution in [0, 0.1) is 0 Å². The maximum atomic E-state index is 12.7. The Morgan fingerprint density at radius 3 is 2.97 bits per heavy atom. The smallest absolute Gasteiger partial charge is 0.251 e. The molecule has 0 saturated carbocycles. The third-order valence-corrected chi connectivity index (χ3v) is 5.89. The van der Waals surface area contributed by atoms with Crippen molar-refractivity contribution < 1.29 is 14.3 Å². The van der Waals surface area contributed by atoms with Crippen LogP contribution >= 0.6 is 11.3 Å². The van der Waals surface area contributed by atoms with Crippen LogP contribution in [0.5, 0.6) is 5.75 Å². The lowest BCUT2D eigenvalue weighted by molar-refractivity contribution is 0.0953. The fourth-order valence-electron chi connectivity index (χ4n) is 3.52. The van der Waals surface area contributed by atoms with E-state index in [0.29, 0.717) is 38.3 Å². The molecule has 2 bridgehead atoms. The molecule has 162 valence electrons. The van der Waals surface area contributed by atoms with Gasteiger partial charge >= 0.3 is 0 Å². The van der Waals surface area contributed by atoms with E-state index in [4.69, 9.17) is 9.47 Å². The van der Waals surface area contributed by atoms with Gasteiger partial charge in [-0.05, 0) is 34.9 Å². The van der Waals surface area contributed by atoms with E-state index in [1.165, 1.54) is 11.1 Å². The van der Waals surface area contributed by atoms with Crippen molar-refractivity contribution in [2.75, 3.05) is 32.9 Å². The molecular weight excluding hydrogens is 410 g/mol. The lowest BCUT2D eigenvalue weighted by Gasteiger charge is -2.15. The molecule has 1 aromatic heterocycles. The highest BCUT2D eigenvalue weighted by atomic mass is 32.1. The molecule has 0 aliphatic carbocycles. The van der Waals surface area contributed by atoms with Crippen LogP contribution in [-0.4, -0.2) is 43.8 Å². The summed E-state index contributed by atoms with van der Waals surface area (Å²) in [4.78, 5) is 17.0. The number of fused-ring (bicyclic) bond motifs is 3. The van der Waals surface area contributed by atoms with Gasteiger partial charge in [0.1, 0.15) is 12.4 Å². The minimum atomic E-state index is -0.0833. The van der Waals surface area contributed by atoms with Crippen LogP contribution < -0.4 is 15.4 Å². The number of benzene rings is 2. The van der Waals surface area contributed by atoms with Crippen molar-refractivity contribution in [3.8, 4) is 5.75 Å². The van der Waals surface area contributed by atoms with E-state index in [-0.39, 0.29) is 5.91 Å². The predicted octanol–water partition coefficient (Wildman–Crippen LogP) is 3.21. The van der Waals surface area contributed by atoms with E-state index < -0.39 is 0 Å². The maximum Gasteiger partial charge on any atom is 0.251 e. The molecule has 1 aliphatic rings. The first-order valence-corrected chi connectivity index (χ1v) is 11.4. The SMILES string of the molecule is O=C(NCCc1nccs1)c1ccc2c(c1)Cc1cccc(c1)CNCCOCCO2. The van der Waals surface area contributed by atoms with Gasteiger partial charge in [-0.3, -0.25) is 4.79 Å². The van der Waals surface area contributed by atoms with Crippen molar-refractivity contribution in [1.29, 1.82) is 0 Å². The monoisotopic (exact) mass is 437 g/mol. The quantitative estimate of drug-likeness (QED) is 0.656. The van der Waals surface area contributed by atoms with E-state index in [9.17, 15) is 4.79 Å². The molecule has 0 spiro atoms. The van der Waals surface area contributed by atoms with E-state index in [1.807, 2.05) is 23.6 Å². The molecule has 0 saturated heterocycles. The molecule has 6 nitrogen and oxygen atoms in total. The number of carbonyl (C=O) groups is 1. The van der Waals surface area contributed by atoms with Gasteiger partial charge in [0.2, 0.25) is 0 Å². The Morgan fingerprint density at radius 2 is 2.06 bits per heavy atom. The summed E-state index contributed by atoms with van der Waals surface area (Å²) in [6.07, 6.45) is 3.22. The number of aromatic nitrogens is 1. The van der Waals surface area contributed by atoms with Crippen molar-refractivity contribution in [2.24, 2.45) is 0 Å². The average Bonchev–Trinajstić information content (AvgIpc) is 3.29. The number of nitrogens with zero attached hydrogens (tertiary/aromatic N) is 1. The molecule has 3 aromatic rings. The van der Waals surface area contributed by atoms with E-state index in [2.05, 4.69) is 39.9 Å². The molecule has 2 heterocycles. The van der Waals surface area contributed by atoms with Gasteiger partial charge in [-0.2, -0.15) is 0 Å². The highest BCUT2D eigenvalue weighted by molar-refractivity contribution is 7.09. The van der Waals surface area contributed by atoms with Gasteiger partial charge in [-0.1, -0.05) is 24.3 Å². The normalized spacial score (nSPS) is 14.7. The molecular formula is C24H27N3O3S. The van der Waals surface area contributed by atoms with Gasteiger partial charge in [0.05, 0.1) is 18.2 Å². The third kappa shape index (κ3) is 6.37. The first-order valence-electron chi connectivity index (χ1n) is 10.6. The van der Waals surface area contributed by atoms with Crippen LogP contribution in [0.4, 0.5) is 0 Å². The molecule has 4 rings (SSSR count). The van der Waals surface area contributed by atoms with Crippen LogP contribution in [0.15, 0.2) is 54.0 Å². The lowest BCUT2D eigenvalue weighted by Crippen LogP contribution is -2.25. The minimum absolute atomic E-state index is 0.0833. The average molecular weight is 438 g/mol. The van der Waals surface area contributed by atoms with Crippen LogP contribution in [-0.2, 0) is 24.1 Å². The number of carbonyl (C=O) groups excluding carboxylic acids is 1. The Bertz CT molecular complexity index is 991. The van der Waals surface area contributed by atoms with Gasteiger partial charge in [0.25, 0.3) is 5.91 Å². The molecule has 0 unspecified atom stereocenters. The summed E-state index contributed by atoms with van der Waals surface area (Å²) >= 11 is 1.60. The molecule has 7 heteroatoms. The van der Waals surface area contributed by atoms with E-state index >= 15 is 0 Å². The van der Waals surface area contributed by atoms with Crippen LogP contribution in [0.2, 0.25) is 0 Å². The zero-order valence-corrected chi connectivity index (χ0v) is 18.2. The summed E-state index contributed by atoms with van der Waals surface area (Å²) in [6.45, 7) is 3.84. The predicted molar refractivity (Wildman–Crippen MR) is 122 cm³/mol. The van der Waals surface area contributed by atoms with Crippen LogP contribution in [0.1, 0.15) is 32.1 Å². The number of amides is 1. The van der Waals surface area contributed by atoms with Crippen LogP contribution in [0.25, 0.3) is 0 Å². The minimum Gasteiger partial charge on any atom is -0.491 e. The van der Waals surface area contributed by atoms with E-state index in [1.54, 1.807) is 17.5 Å². The fourth-order valence-corrected chi connectivity index (χ4v) is 4.14. The first-order chi connectivity index (χ1) is 15.3. The summed E-state index contributed by atoms with van der Waals surface area (Å²) in [6, 6.07) is 14.2. The summed E-state index contributed by atoms with van der Waals surface area (Å²) in [7, 11) is 0. The zero-order chi connectivity index (χ0) is 21.3. The van der Waals surface area contributed by atoms with Crippen LogP contribution in [0.3, 0.4) is 0 Å². The molecule has 2 N–H and O–H groups in total. The van der Waals surface area contributed by atoms with Crippen molar-refractivity contribution in [1.82, 2.24) is 15.6 Å². The topological polar surface area (TPSA) is 72.5 Å². The lowest BCUT2D eigenvalue weighted by atomic mass is 9.99. The second kappa shape index (κ2) is 11.0. The van der Waals surface area contributed by atoms with Gasteiger partial charge in [0.15, 0.2) is 0 Å². The number of thiazole rings is 1. The molecule has 1 aliphatic heterocycles. The fraction of sp³-hybridized carbons (Fsp3) is 0.333. The Labute approximate surface area is 186 Å². The number of ether oxygens (including phenoxy) is 2. The summed E-state index contributed by atoms with van der Waals surface area (Å²) in [5, 5.41) is 9.36. The summed E-state index contributed by atoms with van der Waals surface area (Å²) in [5.74, 6) is 0.712. The Balaban J connectivity index is 1.50. The molecule has 31 heavy (non-hydrogen) atoms. The van der Waals surface area contributed by atoms with E-state index in [0.717, 1.165) is 35.8 Å². The Hall–Kier alpha value is -2.74. The van der Waals surface area contributed by atoms with Gasteiger partial charge < -0.3 is 20.1 Å². The maximum absolute atomic E-state index is 12.7. The molecule has 0 fully saturated rings. The highest BCUT2D eigenvalue weighted by Crippen LogP contribution is 2.24. The zero-order valence-electron chi connectivity index (χ0n) is 17.4. The van der Waals surface area contributed by atoms with Gasteiger partial charge in [0, 0.05) is 49.6 Å². The molecule has 1 amide bonds. The van der Waals surface area contributed by atoms with Gasteiger partial charge in [-0.15, -0.1) is 11.3 Å². The van der Waals surface area contributed by atoms with Crippen molar-refractivity contribution in [3.05, 3.63) is 81.3 Å². The number of hydrogen-bond donors (Lipinski definition) is 2. The van der Waals surface area contributed by atoms with Crippen molar-refractivity contribution in [2.45, 2.75) is 19.4 Å². The summed E-state index contributed by atoms with van der Waals surface area (Å²) < 4.78 is 11.6. The Morgan fingerprint density at radius 1 is 1.13 bits per heavy atom. The molecule has 0 atom stereocenters. The molecule has 2 aromatic carbocycles. The standard InChI is InChI=1S/C24H27N3O3S/c28-24(27-7-6-23-26-9-13-31-23)20-4-5-22-21(16-20)15-18-2-1-3-19(14-18)17-25-8-10-29-11-12-30-22/h1-5,9,13-14,16,25H,6-8,10-12,15,17H2,(H,27,28). The first kappa shape index (κ1) is 21.5. The second-order valence-electron chi connectivity index (χ2n) is 7.39. The largest absolute Gasteiger partial charge is 0.491 e. The highest BCUT2D eigenvalue weighted by Gasteiger charge is 2.12. The molecule has 0 radical (unpaired) electrons. The third-order valence-electron chi connectivity index (χ3n) is 5.05. The second-order valence-corrected chi connectivity index (χ2v) is 8.37. The van der Waals surface area contributed by atoms with Crippen molar-refractivity contribution in [3.63, 3.8) is 0 Å². The van der Waals surface area contributed by atoms with Crippen molar-refractivity contribution >= 4 is 17.2 Å².